The van der Waals surface area contributed by atoms with Crippen molar-refractivity contribution >= 4 is 5.91 Å². The highest BCUT2D eigenvalue weighted by atomic mass is 16.2. The van der Waals surface area contributed by atoms with Gasteiger partial charge in [-0.15, -0.1) is 0 Å². The quantitative estimate of drug-likeness (QED) is 0.919. The van der Waals surface area contributed by atoms with Crippen molar-refractivity contribution in [2.45, 2.75) is 63.6 Å². The lowest BCUT2D eigenvalue weighted by molar-refractivity contribution is -0.138. The van der Waals surface area contributed by atoms with Gasteiger partial charge < -0.3 is 10.6 Å². The summed E-state index contributed by atoms with van der Waals surface area (Å²) >= 11 is 0. The fourth-order valence-corrected chi connectivity index (χ4v) is 3.21. The Morgan fingerprint density at radius 3 is 2.35 bits per heavy atom. The molecule has 1 aromatic carbocycles. The van der Waals surface area contributed by atoms with Crippen LogP contribution in [0, 0.1) is 0 Å². The summed E-state index contributed by atoms with van der Waals surface area (Å²) in [6.07, 6.45) is 3.69. The molecule has 1 heterocycles. The van der Waals surface area contributed by atoms with Crippen LogP contribution >= 0.6 is 0 Å². The molecule has 3 heteroatoms. The molecule has 3 nitrogen and oxygen atoms in total. The van der Waals surface area contributed by atoms with E-state index < -0.39 is 0 Å². The number of nitrogens with zero attached hydrogens (tertiary/aromatic N) is 1. The lowest BCUT2D eigenvalue weighted by atomic mass is 9.89. The van der Waals surface area contributed by atoms with Crippen molar-refractivity contribution in [1.29, 1.82) is 0 Å². The molecule has 0 radical (unpaired) electrons. The lowest BCUT2D eigenvalue weighted by Crippen LogP contribution is -2.49. The van der Waals surface area contributed by atoms with Gasteiger partial charge in [-0.05, 0) is 36.3 Å². The highest BCUT2D eigenvalue weighted by Gasteiger charge is 2.42. The molecule has 108 valence electrons. The third-order valence-electron chi connectivity index (χ3n) is 4.57. The highest BCUT2D eigenvalue weighted by molar-refractivity contribution is 5.78. The zero-order valence-electron chi connectivity index (χ0n) is 12.4. The molecule has 1 aliphatic carbocycles. The van der Waals surface area contributed by atoms with Gasteiger partial charge in [0, 0.05) is 18.5 Å². The maximum atomic E-state index is 12.3. The van der Waals surface area contributed by atoms with Gasteiger partial charge in [-0.2, -0.15) is 0 Å². The number of hydrogen-bond donors (Lipinski definition) is 1. The number of piperidine rings is 1. The molecule has 2 aliphatic rings. The van der Waals surface area contributed by atoms with E-state index in [1.165, 1.54) is 11.1 Å². The Kier molecular flexibility index (Phi) is 3.55. The molecule has 1 aromatic rings. The molecule has 2 atom stereocenters. The van der Waals surface area contributed by atoms with Gasteiger partial charge in [-0.25, -0.2) is 0 Å². The molecule has 20 heavy (non-hydrogen) atoms. The summed E-state index contributed by atoms with van der Waals surface area (Å²) in [6, 6.07) is 9.25. The molecule has 1 amide bonds. The van der Waals surface area contributed by atoms with Crippen LogP contribution in [0.2, 0.25) is 0 Å². The van der Waals surface area contributed by atoms with Gasteiger partial charge >= 0.3 is 0 Å². The SMILES string of the molecule is CC(C)c1ccc(C2C(N)CCC(=O)N2C2CC2)cc1. The van der Waals surface area contributed by atoms with Crippen LogP contribution < -0.4 is 5.73 Å². The first kappa shape index (κ1) is 13.6. The van der Waals surface area contributed by atoms with Gasteiger partial charge in [0.25, 0.3) is 0 Å². The van der Waals surface area contributed by atoms with Crippen molar-refractivity contribution in [1.82, 2.24) is 4.90 Å². The van der Waals surface area contributed by atoms with Gasteiger partial charge in [0.1, 0.15) is 0 Å². The van der Waals surface area contributed by atoms with Crippen LogP contribution in [0.25, 0.3) is 0 Å². The minimum atomic E-state index is 0.0678. The highest BCUT2D eigenvalue weighted by Crippen LogP contribution is 2.40. The van der Waals surface area contributed by atoms with Crippen LogP contribution in [0.5, 0.6) is 0 Å². The Balaban J connectivity index is 1.90. The van der Waals surface area contributed by atoms with Gasteiger partial charge in [0.05, 0.1) is 6.04 Å². The Hall–Kier alpha value is -1.35. The van der Waals surface area contributed by atoms with Crippen LogP contribution in [0.1, 0.15) is 62.6 Å². The van der Waals surface area contributed by atoms with E-state index in [-0.39, 0.29) is 18.0 Å². The number of carbonyl (C=O) groups is 1. The second-order valence-corrected chi connectivity index (χ2v) is 6.50. The van der Waals surface area contributed by atoms with Crippen molar-refractivity contribution in [3.05, 3.63) is 35.4 Å². The fraction of sp³-hybridized carbons (Fsp3) is 0.588. The van der Waals surface area contributed by atoms with Crippen LogP contribution in [-0.2, 0) is 4.79 Å². The summed E-state index contributed by atoms with van der Waals surface area (Å²) in [5, 5.41) is 0. The molecule has 1 saturated carbocycles. The minimum Gasteiger partial charge on any atom is -0.331 e. The number of amides is 1. The topological polar surface area (TPSA) is 46.3 Å². The third kappa shape index (κ3) is 2.47. The number of rotatable bonds is 3. The van der Waals surface area contributed by atoms with Gasteiger partial charge in [-0.1, -0.05) is 38.1 Å². The van der Waals surface area contributed by atoms with Crippen molar-refractivity contribution in [3.63, 3.8) is 0 Å². The smallest absolute Gasteiger partial charge is 0.223 e. The second-order valence-electron chi connectivity index (χ2n) is 6.50. The van der Waals surface area contributed by atoms with Crippen molar-refractivity contribution < 1.29 is 4.79 Å². The summed E-state index contributed by atoms with van der Waals surface area (Å²) in [5.41, 5.74) is 8.86. The molecular formula is C17H24N2O. The third-order valence-corrected chi connectivity index (χ3v) is 4.57. The molecule has 2 N–H and O–H groups in total. The standard InChI is InChI=1S/C17H24N2O/c1-11(2)12-3-5-13(6-4-12)17-15(18)9-10-16(20)19(17)14-7-8-14/h3-6,11,14-15,17H,7-10,18H2,1-2H3. The van der Waals surface area contributed by atoms with Crippen LogP contribution in [0.3, 0.4) is 0 Å². The molecule has 0 spiro atoms. The lowest BCUT2D eigenvalue weighted by Gasteiger charge is -2.40. The average molecular weight is 272 g/mol. The fourth-order valence-electron chi connectivity index (χ4n) is 3.21. The number of hydrogen-bond acceptors (Lipinski definition) is 2. The van der Waals surface area contributed by atoms with E-state index in [4.69, 9.17) is 5.73 Å². The van der Waals surface area contributed by atoms with Crippen molar-refractivity contribution in [3.8, 4) is 0 Å². The number of likely N-dealkylation sites (tertiary alicyclic amines) is 1. The maximum absolute atomic E-state index is 12.3. The van der Waals surface area contributed by atoms with Gasteiger partial charge in [0.15, 0.2) is 0 Å². The number of benzene rings is 1. The van der Waals surface area contributed by atoms with E-state index in [2.05, 4.69) is 43.0 Å². The molecule has 3 rings (SSSR count). The molecular weight excluding hydrogens is 248 g/mol. The second kappa shape index (κ2) is 5.21. The molecule has 0 bridgehead atoms. The first-order valence-electron chi connectivity index (χ1n) is 7.74. The maximum Gasteiger partial charge on any atom is 0.223 e. The van der Waals surface area contributed by atoms with Gasteiger partial charge in [0.2, 0.25) is 5.91 Å². The van der Waals surface area contributed by atoms with E-state index in [1.54, 1.807) is 0 Å². The summed E-state index contributed by atoms with van der Waals surface area (Å²) in [6.45, 7) is 4.39. The Morgan fingerprint density at radius 1 is 1.15 bits per heavy atom. The Labute approximate surface area is 121 Å². The largest absolute Gasteiger partial charge is 0.331 e. The van der Waals surface area contributed by atoms with E-state index in [0.717, 1.165) is 19.3 Å². The van der Waals surface area contributed by atoms with Crippen molar-refractivity contribution in [2.24, 2.45) is 5.73 Å². The zero-order chi connectivity index (χ0) is 14.3. The van der Waals surface area contributed by atoms with E-state index in [0.29, 0.717) is 18.4 Å². The van der Waals surface area contributed by atoms with Crippen molar-refractivity contribution in [2.75, 3.05) is 0 Å². The van der Waals surface area contributed by atoms with E-state index in [9.17, 15) is 4.79 Å². The molecule has 2 unspecified atom stereocenters. The van der Waals surface area contributed by atoms with E-state index in [1.807, 2.05) is 0 Å². The molecule has 0 aromatic heterocycles. The van der Waals surface area contributed by atoms with Crippen LogP contribution in [0.4, 0.5) is 0 Å². The first-order chi connectivity index (χ1) is 9.58. The number of nitrogens with two attached hydrogens (primary N) is 1. The first-order valence-corrected chi connectivity index (χ1v) is 7.74. The molecule has 2 fully saturated rings. The monoisotopic (exact) mass is 272 g/mol. The average Bonchev–Trinajstić information content (AvgIpc) is 3.25. The van der Waals surface area contributed by atoms with Gasteiger partial charge in [-0.3, -0.25) is 4.79 Å². The number of carbonyl (C=O) groups excluding carboxylic acids is 1. The molecule has 1 aliphatic heterocycles. The zero-order valence-corrected chi connectivity index (χ0v) is 12.4. The summed E-state index contributed by atoms with van der Waals surface area (Å²) in [7, 11) is 0. The predicted octanol–water partition coefficient (Wildman–Crippen LogP) is 2.96. The van der Waals surface area contributed by atoms with Crippen LogP contribution in [0.15, 0.2) is 24.3 Å². The normalized spacial score (nSPS) is 27.2. The minimum absolute atomic E-state index is 0.0678. The molecule has 1 saturated heterocycles. The Morgan fingerprint density at radius 2 is 1.80 bits per heavy atom. The summed E-state index contributed by atoms with van der Waals surface area (Å²) in [5.74, 6) is 0.817. The summed E-state index contributed by atoms with van der Waals surface area (Å²) in [4.78, 5) is 14.3. The predicted molar refractivity (Wildman–Crippen MR) is 80.3 cm³/mol. The Bertz CT molecular complexity index is 490. The van der Waals surface area contributed by atoms with E-state index >= 15 is 0 Å². The summed E-state index contributed by atoms with van der Waals surface area (Å²) < 4.78 is 0. The van der Waals surface area contributed by atoms with Crippen LogP contribution in [-0.4, -0.2) is 22.9 Å².